The van der Waals surface area contributed by atoms with Gasteiger partial charge < -0.3 is 48.5 Å². The third-order valence-electron chi connectivity index (χ3n) is 4.60. The highest BCUT2D eigenvalue weighted by molar-refractivity contribution is 7.98. The van der Waals surface area contributed by atoms with Crippen molar-refractivity contribution in [2.45, 2.75) is 62.9 Å². The number of guanidine groups is 1. The molecule has 16 heteroatoms. The zero-order chi connectivity index (χ0) is 27.1. The minimum atomic E-state index is -1.60. The topological polar surface area (TPSA) is 273 Å². The van der Waals surface area contributed by atoms with Crippen LogP contribution >= 0.6 is 11.8 Å². The lowest BCUT2D eigenvalue weighted by atomic mass is 10.1. The van der Waals surface area contributed by atoms with Crippen molar-refractivity contribution in [3.63, 3.8) is 0 Å². The molecule has 12 N–H and O–H groups in total. The average molecular weight is 522 g/mol. The van der Waals surface area contributed by atoms with Gasteiger partial charge in [0.2, 0.25) is 17.7 Å². The molecule has 0 aliphatic rings. The van der Waals surface area contributed by atoms with Crippen molar-refractivity contribution < 1.29 is 39.3 Å². The zero-order valence-corrected chi connectivity index (χ0v) is 20.4. The number of aliphatic hydroxyl groups is 1. The van der Waals surface area contributed by atoms with Crippen molar-refractivity contribution in [3.05, 3.63) is 0 Å². The molecule has 15 nitrogen and oxygen atoms in total. The molecule has 0 aliphatic heterocycles. The molecule has 0 aromatic rings. The Bertz CT molecular complexity index is 776. The number of hydrogen-bond acceptors (Lipinski definition) is 9. The first-order valence-electron chi connectivity index (χ1n) is 10.6. The summed E-state index contributed by atoms with van der Waals surface area (Å²) in [7, 11) is 0. The Hall–Kier alpha value is -3.11. The zero-order valence-electron chi connectivity index (χ0n) is 19.6. The van der Waals surface area contributed by atoms with E-state index in [1.807, 2.05) is 0 Å². The predicted octanol–water partition coefficient (Wildman–Crippen LogP) is -3.49. The number of rotatable bonds is 17. The quantitative estimate of drug-likeness (QED) is 0.0512. The highest BCUT2D eigenvalue weighted by Crippen LogP contribution is 2.06. The van der Waals surface area contributed by atoms with Crippen LogP contribution in [0.25, 0.3) is 0 Å². The molecule has 0 spiro atoms. The van der Waals surface area contributed by atoms with Gasteiger partial charge in [-0.1, -0.05) is 0 Å². The van der Waals surface area contributed by atoms with Gasteiger partial charge in [-0.05, 0) is 38.2 Å². The molecule has 0 aromatic heterocycles. The molecule has 0 aliphatic carbocycles. The minimum Gasteiger partial charge on any atom is -0.481 e. The Balaban J connectivity index is 5.57. The van der Waals surface area contributed by atoms with Crippen LogP contribution in [0.5, 0.6) is 0 Å². The van der Waals surface area contributed by atoms with E-state index in [4.69, 9.17) is 22.3 Å². The lowest BCUT2D eigenvalue weighted by Gasteiger charge is -2.25. The van der Waals surface area contributed by atoms with E-state index in [2.05, 4.69) is 20.9 Å². The number of carboxylic acid groups (broad SMARTS) is 2. The van der Waals surface area contributed by atoms with Gasteiger partial charge in [-0.25, -0.2) is 4.79 Å². The molecule has 0 aromatic carbocycles. The molecule has 0 heterocycles. The molecule has 0 radical (unpaired) electrons. The highest BCUT2D eigenvalue weighted by Gasteiger charge is 2.31. The number of carboxylic acids is 2. The summed E-state index contributed by atoms with van der Waals surface area (Å²) in [5.41, 5.74) is 16.1. The molecule has 0 saturated heterocycles. The van der Waals surface area contributed by atoms with Crippen LogP contribution in [0, 0.1) is 0 Å². The monoisotopic (exact) mass is 521 g/mol. The number of aliphatic hydroxyl groups excluding tert-OH is 1. The largest absolute Gasteiger partial charge is 0.481 e. The molecule has 35 heavy (non-hydrogen) atoms. The van der Waals surface area contributed by atoms with Crippen molar-refractivity contribution in [2.75, 3.05) is 18.6 Å². The van der Waals surface area contributed by atoms with Crippen molar-refractivity contribution in [1.82, 2.24) is 16.0 Å². The summed E-state index contributed by atoms with van der Waals surface area (Å²) in [5.74, 6) is -5.01. The molecule has 200 valence electrons. The number of aliphatic carboxylic acids is 2. The van der Waals surface area contributed by atoms with E-state index in [9.17, 15) is 34.2 Å². The maximum atomic E-state index is 13.0. The molecule has 0 saturated carbocycles. The van der Waals surface area contributed by atoms with Crippen molar-refractivity contribution >= 4 is 47.4 Å². The Morgan fingerprint density at radius 3 is 1.97 bits per heavy atom. The summed E-state index contributed by atoms with van der Waals surface area (Å²) in [5, 5.41) is 34.7. The summed E-state index contributed by atoms with van der Waals surface area (Å²) in [4.78, 5) is 63.9. The van der Waals surface area contributed by atoms with Crippen LogP contribution in [0.1, 0.15) is 32.6 Å². The number of nitrogens with two attached hydrogens (primary N) is 3. The number of aliphatic imine (C=N–C) groups is 1. The molecule has 5 unspecified atom stereocenters. The molecule has 3 amide bonds. The van der Waals surface area contributed by atoms with Gasteiger partial charge in [-0.3, -0.25) is 24.2 Å². The van der Waals surface area contributed by atoms with Gasteiger partial charge >= 0.3 is 11.9 Å². The van der Waals surface area contributed by atoms with E-state index in [0.29, 0.717) is 5.75 Å². The van der Waals surface area contributed by atoms with Gasteiger partial charge in [0.25, 0.3) is 0 Å². The minimum absolute atomic E-state index is 0.0242. The summed E-state index contributed by atoms with van der Waals surface area (Å²) in [6, 6.07) is -5.41. The van der Waals surface area contributed by atoms with Gasteiger partial charge in [0.05, 0.1) is 18.6 Å². The molecular formula is C19H35N7O8S. The van der Waals surface area contributed by atoms with E-state index in [-0.39, 0.29) is 31.8 Å². The molecule has 0 bridgehead atoms. The molecular weight excluding hydrogens is 486 g/mol. The lowest BCUT2D eigenvalue weighted by molar-refractivity contribution is -0.145. The fraction of sp³-hybridized carbons (Fsp3) is 0.684. The number of carbonyl (C=O) groups is 5. The van der Waals surface area contributed by atoms with Gasteiger partial charge in [-0.15, -0.1) is 0 Å². The Morgan fingerprint density at radius 1 is 0.943 bits per heavy atom. The third kappa shape index (κ3) is 13.4. The maximum absolute atomic E-state index is 13.0. The number of nitrogens with zero attached hydrogens (tertiary/aromatic N) is 1. The van der Waals surface area contributed by atoms with Gasteiger partial charge in [-0.2, -0.15) is 11.8 Å². The second-order valence-electron chi connectivity index (χ2n) is 7.62. The first-order chi connectivity index (χ1) is 16.3. The first kappa shape index (κ1) is 31.9. The fourth-order valence-electron chi connectivity index (χ4n) is 2.75. The van der Waals surface area contributed by atoms with Crippen LogP contribution in [0.3, 0.4) is 0 Å². The smallest absolute Gasteiger partial charge is 0.328 e. The molecule has 5 atom stereocenters. The summed E-state index contributed by atoms with van der Waals surface area (Å²) >= 11 is 1.38. The van der Waals surface area contributed by atoms with Crippen LogP contribution in [0.2, 0.25) is 0 Å². The van der Waals surface area contributed by atoms with Crippen LogP contribution in [-0.2, 0) is 24.0 Å². The summed E-state index contributed by atoms with van der Waals surface area (Å²) in [6.07, 6.45) is 0.0992. The second-order valence-corrected chi connectivity index (χ2v) is 8.61. The second kappa shape index (κ2) is 16.5. The summed E-state index contributed by atoms with van der Waals surface area (Å²) < 4.78 is 0. The average Bonchev–Trinajstić information content (AvgIpc) is 2.75. The lowest BCUT2D eigenvalue weighted by Crippen LogP contribution is -2.58. The number of amides is 3. The number of thioether (sulfide) groups is 1. The maximum Gasteiger partial charge on any atom is 0.328 e. The van der Waals surface area contributed by atoms with Crippen LogP contribution in [-0.4, -0.2) is 99.8 Å². The summed E-state index contributed by atoms with van der Waals surface area (Å²) in [6.45, 7) is 1.32. The van der Waals surface area contributed by atoms with E-state index < -0.39 is 66.4 Å². The van der Waals surface area contributed by atoms with Crippen LogP contribution in [0.15, 0.2) is 4.99 Å². The van der Waals surface area contributed by atoms with E-state index in [0.717, 1.165) is 0 Å². The van der Waals surface area contributed by atoms with Gasteiger partial charge in [0.1, 0.15) is 12.1 Å². The first-order valence-corrected chi connectivity index (χ1v) is 12.0. The van der Waals surface area contributed by atoms with Crippen molar-refractivity contribution in [3.8, 4) is 0 Å². The molecule has 0 fully saturated rings. The van der Waals surface area contributed by atoms with Crippen molar-refractivity contribution in [2.24, 2.45) is 22.2 Å². The Labute approximate surface area is 206 Å². The van der Waals surface area contributed by atoms with Gasteiger partial charge in [0.15, 0.2) is 12.0 Å². The fourth-order valence-corrected chi connectivity index (χ4v) is 3.22. The van der Waals surface area contributed by atoms with Crippen LogP contribution < -0.4 is 33.2 Å². The Kier molecular flexibility index (Phi) is 15.0. The molecule has 0 rings (SSSR count). The van der Waals surface area contributed by atoms with E-state index in [1.54, 1.807) is 6.26 Å². The van der Waals surface area contributed by atoms with Crippen LogP contribution in [0.4, 0.5) is 0 Å². The SMILES string of the molecule is CSCCC(NC(=O)C(CCCN=C(N)N)NC(=O)C(N)CC(=O)O)C(=O)NC(C(=O)O)C(C)O. The van der Waals surface area contributed by atoms with E-state index >= 15 is 0 Å². The Morgan fingerprint density at radius 2 is 1.49 bits per heavy atom. The normalized spacial score (nSPS) is 15.0. The predicted molar refractivity (Wildman–Crippen MR) is 128 cm³/mol. The van der Waals surface area contributed by atoms with Crippen molar-refractivity contribution in [1.29, 1.82) is 0 Å². The third-order valence-corrected chi connectivity index (χ3v) is 5.24. The van der Waals surface area contributed by atoms with E-state index in [1.165, 1.54) is 18.7 Å². The van der Waals surface area contributed by atoms with Gasteiger partial charge in [0, 0.05) is 6.54 Å². The standard InChI is InChI=1S/C19H35N7O8S/c1-9(27)14(18(33)34)26-17(32)12(5-7-35-2)25-16(31)11(4-3-6-23-19(21)22)24-15(30)10(20)8-13(28)29/h9-12,14,27H,3-8,20H2,1-2H3,(H,24,30)(H,25,31)(H,26,32)(H,28,29)(H,33,34)(H4,21,22,23). The number of carbonyl (C=O) groups excluding carboxylic acids is 3. The highest BCUT2D eigenvalue weighted by atomic mass is 32.2. The number of hydrogen-bond donors (Lipinski definition) is 9. The number of nitrogens with one attached hydrogen (secondary N) is 3.